The van der Waals surface area contributed by atoms with Crippen molar-refractivity contribution < 1.29 is 22.4 Å². The van der Waals surface area contributed by atoms with E-state index in [9.17, 15) is 22.4 Å². The van der Waals surface area contributed by atoms with Crippen molar-refractivity contribution in [3.8, 4) is 0 Å². The second-order valence-electron chi connectivity index (χ2n) is 7.05. The van der Waals surface area contributed by atoms with Crippen molar-refractivity contribution in [2.24, 2.45) is 5.92 Å². The van der Waals surface area contributed by atoms with Crippen molar-refractivity contribution in [1.29, 1.82) is 0 Å². The predicted octanol–water partition coefficient (Wildman–Crippen LogP) is 4.37. The molecule has 1 fully saturated rings. The topological polar surface area (TPSA) is 32.3 Å². The van der Waals surface area contributed by atoms with Gasteiger partial charge in [-0.2, -0.15) is 13.2 Å². The van der Waals surface area contributed by atoms with E-state index < -0.39 is 17.6 Å². The summed E-state index contributed by atoms with van der Waals surface area (Å²) in [6.45, 7) is 2.08. The molecule has 0 bridgehead atoms. The first-order chi connectivity index (χ1) is 13.3. The van der Waals surface area contributed by atoms with Crippen LogP contribution in [0.25, 0.3) is 0 Å². The van der Waals surface area contributed by atoms with Gasteiger partial charge in [0.15, 0.2) is 0 Å². The smallest absolute Gasteiger partial charge is 0.352 e. The van der Waals surface area contributed by atoms with Crippen molar-refractivity contribution in [3.63, 3.8) is 0 Å². The number of carbonyl (C=O) groups excluding carboxylic acids is 1. The van der Waals surface area contributed by atoms with Gasteiger partial charge in [0.05, 0.1) is 5.56 Å². The first kappa shape index (κ1) is 20.3. The summed E-state index contributed by atoms with van der Waals surface area (Å²) in [5.74, 6) is -1.42. The molecule has 150 valence electrons. The summed E-state index contributed by atoms with van der Waals surface area (Å²) >= 11 is 0. The van der Waals surface area contributed by atoms with Gasteiger partial charge >= 0.3 is 6.18 Å². The van der Waals surface area contributed by atoms with Crippen molar-refractivity contribution in [1.82, 2.24) is 10.2 Å². The predicted molar refractivity (Wildman–Crippen MR) is 97.7 cm³/mol. The van der Waals surface area contributed by atoms with Crippen LogP contribution in [0.5, 0.6) is 0 Å². The van der Waals surface area contributed by atoms with Crippen LogP contribution >= 0.6 is 0 Å². The Hall–Kier alpha value is -2.41. The van der Waals surface area contributed by atoms with Gasteiger partial charge in [-0.25, -0.2) is 4.39 Å². The molecule has 0 unspecified atom stereocenters. The molecule has 0 aliphatic carbocycles. The number of hydrogen-bond donors (Lipinski definition) is 1. The Labute approximate surface area is 161 Å². The third-order valence-electron chi connectivity index (χ3n) is 5.04. The number of piperidine rings is 1. The van der Waals surface area contributed by atoms with Gasteiger partial charge in [-0.3, -0.25) is 9.69 Å². The standard InChI is InChI=1S/C21H22F4N2O/c22-18-7-6-17(19(12-18)21(23,24)25)13-26-20(28)16-8-10-27(11-9-16)14-15-4-2-1-3-5-15/h1-7,12,16H,8-11,13-14H2,(H,26,28). The van der Waals surface area contributed by atoms with Crippen molar-refractivity contribution in [2.75, 3.05) is 13.1 Å². The Balaban J connectivity index is 1.52. The van der Waals surface area contributed by atoms with E-state index in [2.05, 4.69) is 22.3 Å². The monoisotopic (exact) mass is 394 g/mol. The fraction of sp³-hybridized carbons (Fsp3) is 0.381. The van der Waals surface area contributed by atoms with Crippen LogP contribution in [0.1, 0.15) is 29.5 Å². The number of hydrogen-bond acceptors (Lipinski definition) is 2. The van der Waals surface area contributed by atoms with Gasteiger partial charge in [0.1, 0.15) is 5.82 Å². The SMILES string of the molecule is O=C(NCc1ccc(F)cc1C(F)(F)F)C1CCN(Cc2ccccc2)CC1. The van der Waals surface area contributed by atoms with Gasteiger partial charge in [-0.15, -0.1) is 0 Å². The molecule has 1 aliphatic rings. The lowest BCUT2D eigenvalue weighted by Crippen LogP contribution is -2.40. The number of nitrogens with one attached hydrogen (secondary N) is 1. The summed E-state index contributed by atoms with van der Waals surface area (Å²) in [6, 6.07) is 12.6. The fourth-order valence-corrected chi connectivity index (χ4v) is 3.49. The first-order valence-electron chi connectivity index (χ1n) is 9.22. The average molecular weight is 394 g/mol. The number of nitrogens with zero attached hydrogens (tertiary/aromatic N) is 1. The third-order valence-corrected chi connectivity index (χ3v) is 5.04. The lowest BCUT2D eigenvalue weighted by Gasteiger charge is -2.31. The number of alkyl halides is 3. The molecule has 1 amide bonds. The van der Waals surface area contributed by atoms with Gasteiger partial charge in [0.2, 0.25) is 5.91 Å². The molecule has 0 radical (unpaired) electrons. The van der Waals surface area contributed by atoms with Crippen molar-refractivity contribution in [2.45, 2.75) is 32.1 Å². The summed E-state index contributed by atoms with van der Waals surface area (Å²) in [7, 11) is 0. The van der Waals surface area contributed by atoms with Crippen LogP contribution in [0.15, 0.2) is 48.5 Å². The summed E-state index contributed by atoms with van der Waals surface area (Å²) in [6.07, 6.45) is -3.34. The van der Waals surface area contributed by atoms with Crippen molar-refractivity contribution in [3.05, 3.63) is 71.0 Å². The van der Waals surface area contributed by atoms with E-state index in [0.29, 0.717) is 18.9 Å². The zero-order chi connectivity index (χ0) is 20.1. The average Bonchev–Trinajstić information content (AvgIpc) is 2.67. The van der Waals surface area contributed by atoms with Gasteiger partial charge in [-0.1, -0.05) is 36.4 Å². The van der Waals surface area contributed by atoms with Crippen LogP contribution in [0.4, 0.5) is 17.6 Å². The number of amides is 1. The molecule has 3 nitrogen and oxygen atoms in total. The number of halogens is 4. The van der Waals surface area contributed by atoms with E-state index in [1.54, 1.807) is 0 Å². The van der Waals surface area contributed by atoms with Crippen LogP contribution in [-0.4, -0.2) is 23.9 Å². The molecule has 1 N–H and O–H groups in total. The van der Waals surface area contributed by atoms with Crippen LogP contribution < -0.4 is 5.32 Å². The van der Waals surface area contributed by atoms with Gasteiger partial charge in [-0.05, 0) is 49.2 Å². The number of likely N-dealkylation sites (tertiary alicyclic amines) is 1. The molecule has 0 spiro atoms. The molecule has 0 aromatic heterocycles. The molecule has 0 atom stereocenters. The maximum Gasteiger partial charge on any atom is 0.416 e. The molecule has 1 aliphatic heterocycles. The number of carbonyl (C=O) groups is 1. The minimum atomic E-state index is -4.66. The summed E-state index contributed by atoms with van der Waals surface area (Å²) < 4.78 is 52.3. The maximum absolute atomic E-state index is 13.2. The molecule has 3 rings (SSSR count). The quantitative estimate of drug-likeness (QED) is 0.764. The third kappa shape index (κ3) is 5.32. The second-order valence-corrected chi connectivity index (χ2v) is 7.05. The van der Waals surface area contributed by atoms with E-state index >= 15 is 0 Å². The van der Waals surface area contributed by atoms with Crippen LogP contribution in [0.3, 0.4) is 0 Å². The Morgan fingerprint density at radius 3 is 2.39 bits per heavy atom. The van der Waals surface area contributed by atoms with Gasteiger partial charge < -0.3 is 5.32 Å². The summed E-state index contributed by atoms with van der Waals surface area (Å²) in [5.41, 5.74) is 0.0237. The summed E-state index contributed by atoms with van der Waals surface area (Å²) in [5, 5.41) is 2.59. The van der Waals surface area contributed by atoms with E-state index in [1.807, 2.05) is 18.2 Å². The minimum absolute atomic E-state index is 0.135. The number of rotatable bonds is 5. The molecule has 2 aromatic rings. The normalized spacial score (nSPS) is 16.1. The Kier molecular flexibility index (Phi) is 6.34. The Morgan fingerprint density at radius 2 is 1.75 bits per heavy atom. The minimum Gasteiger partial charge on any atom is -0.352 e. The van der Waals surface area contributed by atoms with Gasteiger partial charge in [0, 0.05) is 19.0 Å². The lowest BCUT2D eigenvalue weighted by molar-refractivity contribution is -0.138. The molecule has 28 heavy (non-hydrogen) atoms. The van der Waals surface area contributed by atoms with Crippen LogP contribution in [-0.2, 0) is 24.1 Å². The van der Waals surface area contributed by atoms with E-state index in [-0.39, 0.29) is 23.9 Å². The summed E-state index contributed by atoms with van der Waals surface area (Å²) in [4.78, 5) is 14.6. The maximum atomic E-state index is 13.2. The highest BCUT2D eigenvalue weighted by atomic mass is 19.4. The molecule has 7 heteroatoms. The zero-order valence-corrected chi connectivity index (χ0v) is 15.3. The van der Waals surface area contributed by atoms with Crippen LogP contribution in [0.2, 0.25) is 0 Å². The molecular formula is C21H22F4N2O. The molecule has 2 aromatic carbocycles. The Morgan fingerprint density at radius 1 is 1.07 bits per heavy atom. The molecule has 1 saturated heterocycles. The van der Waals surface area contributed by atoms with E-state index in [1.165, 1.54) is 5.56 Å². The fourth-order valence-electron chi connectivity index (χ4n) is 3.49. The lowest BCUT2D eigenvalue weighted by atomic mass is 9.95. The molecule has 1 heterocycles. The number of benzene rings is 2. The van der Waals surface area contributed by atoms with Crippen molar-refractivity contribution >= 4 is 5.91 Å². The zero-order valence-electron chi connectivity index (χ0n) is 15.3. The second kappa shape index (κ2) is 8.73. The highest BCUT2D eigenvalue weighted by molar-refractivity contribution is 5.78. The largest absolute Gasteiger partial charge is 0.416 e. The molecular weight excluding hydrogens is 372 g/mol. The highest BCUT2D eigenvalue weighted by Crippen LogP contribution is 2.32. The van der Waals surface area contributed by atoms with E-state index in [0.717, 1.165) is 31.8 Å². The van der Waals surface area contributed by atoms with Gasteiger partial charge in [0.25, 0.3) is 0 Å². The van der Waals surface area contributed by atoms with Crippen LogP contribution in [0, 0.1) is 11.7 Å². The highest BCUT2D eigenvalue weighted by Gasteiger charge is 2.34. The van der Waals surface area contributed by atoms with E-state index in [4.69, 9.17) is 0 Å². The molecule has 0 saturated carbocycles. The Bertz CT molecular complexity index is 800. The first-order valence-corrected chi connectivity index (χ1v) is 9.22.